The predicted octanol–water partition coefficient (Wildman–Crippen LogP) is 1.77. The second-order valence-corrected chi connectivity index (χ2v) is 4.76. The number of halogens is 1. The molecule has 0 aliphatic heterocycles. The molecule has 2 aromatic rings. The molecule has 0 fully saturated rings. The van der Waals surface area contributed by atoms with E-state index in [9.17, 15) is 4.79 Å². The number of hydrogen-bond acceptors (Lipinski definition) is 5. The second kappa shape index (κ2) is 4.42. The molecule has 2 aromatic heterocycles. The molecule has 0 N–H and O–H groups in total. The highest BCUT2D eigenvalue weighted by Gasteiger charge is 2.17. The molecule has 0 unspecified atom stereocenters. The maximum Gasteiger partial charge on any atom is 0.189 e. The number of Topliss-reactive ketones (excluding diaryl/α,β-unsaturated/α-hetero) is 1. The first kappa shape index (κ1) is 11.4. The van der Waals surface area contributed by atoms with Gasteiger partial charge in [-0.15, -0.1) is 5.10 Å². The monoisotopic (exact) mass is 300 g/mol. The molecule has 0 aliphatic carbocycles. The van der Waals surface area contributed by atoms with Gasteiger partial charge in [0, 0.05) is 12.4 Å². The Balaban J connectivity index is 2.25. The lowest BCUT2D eigenvalue weighted by Gasteiger charge is -2.00. The van der Waals surface area contributed by atoms with E-state index in [2.05, 4.69) is 30.6 Å². The Hall–Kier alpha value is -1.08. The van der Waals surface area contributed by atoms with Crippen molar-refractivity contribution in [3.05, 3.63) is 26.9 Å². The molecule has 7 heteroatoms. The smallest absolute Gasteiger partial charge is 0.189 e. The fraction of sp³-hybridized carbons (Fsp3) is 0.333. The van der Waals surface area contributed by atoms with Crippen molar-refractivity contribution in [2.45, 2.75) is 13.3 Å². The van der Waals surface area contributed by atoms with Gasteiger partial charge in [0.15, 0.2) is 5.78 Å². The van der Waals surface area contributed by atoms with Crippen LogP contribution in [0.1, 0.15) is 21.9 Å². The Kier molecular flexibility index (Phi) is 3.15. The fourth-order valence-electron chi connectivity index (χ4n) is 1.40. The SMILES string of the molecule is Cc1nn(C)c(CC(=O)c2csnn2)c1Br. The van der Waals surface area contributed by atoms with Gasteiger partial charge >= 0.3 is 0 Å². The number of hydrogen-bond donors (Lipinski definition) is 0. The maximum atomic E-state index is 11.8. The molecule has 16 heavy (non-hydrogen) atoms. The molecule has 2 heterocycles. The summed E-state index contributed by atoms with van der Waals surface area (Å²) >= 11 is 4.60. The topological polar surface area (TPSA) is 60.7 Å². The van der Waals surface area contributed by atoms with Crippen LogP contribution in [-0.2, 0) is 13.5 Å². The predicted molar refractivity (Wildman–Crippen MR) is 63.6 cm³/mol. The van der Waals surface area contributed by atoms with Crippen molar-refractivity contribution in [1.82, 2.24) is 19.4 Å². The fourth-order valence-corrected chi connectivity index (χ4v) is 2.34. The molecule has 0 amide bonds. The Morgan fingerprint density at radius 3 is 2.88 bits per heavy atom. The van der Waals surface area contributed by atoms with Gasteiger partial charge in [-0.25, -0.2) is 0 Å². The van der Waals surface area contributed by atoms with Crippen molar-refractivity contribution in [2.24, 2.45) is 7.05 Å². The van der Waals surface area contributed by atoms with Crippen LogP contribution in [0, 0.1) is 6.92 Å². The standard InChI is InChI=1S/C9H9BrN4OS/c1-5-9(10)7(14(2)12-5)3-8(15)6-4-16-13-11-6/h4H,3H2,1-2H3. The number of nitrogens with zero attached hydrogens (tertiary/aromatic N) is 4. The summed E-state index contributed by atoms with van der Waals surface area (Å²) in [5.41, 5.74) is 2.15. The number of ketones is 1. The van der Waals surface area contributed by atoms with Gasteiger partial charge in [0.25, 0.3) is 0 Å². The minimum absolute atomic E-state index is 0.0440. The average molecular weight is 301 g/mol. The highest BCUT2D eigenvalue weighted by Crippen LogP contribution is 2.21. The Bertz CT molecular complexity index is 520. The van der Waals surface area contributed by atoms with Crippen molar-refractivity contribution >= 4 is 33.2 Å². The van der Waals surface area contributed by atoms with Gasteiger partial charge in [-0.05, 0) is 34.4 Å². The summed E-state index contributed by atoms with van der Waals surface area (Å²) in [5.74, 6) is -0.0440. The number of aromatic nitrogens is 4. The van der Waals surface area contributed by atoms with E-state index in [1.807, 2.05) is 14.0 Å². The van der Waals surface area contributed by atoms with Crippen LogP contribution in [0.15, 0.2) is 9.85 Å². The van der Waals surface area contributed by atoms with Crippen LogP contribution in [0.3, 0.4) is 0 Å². The minimum Gasteiger partial charge on any atom is -0.292 e. The van der Waals surface area contributed by atoms with Gasteiger partial charge < -0.3 is 0 Å². The molecule has 0 atom stereocenters. The highest BCUT2D eigenvalue weighted by atomic mass is 79.9. The normalized spacial score (nSPS) is 10.7. The van der Waals surface area contributed by atoms with Crippen LogP contribution in [0.2, 0.25) is 0 Å². The summed E-state index contributed by atoms with van der Waals surface area (Å²) in [5, 5.41) is 9.63. The average Bonchev–Trinajstić information content (AvgIpc) is 2.83. The van der Waals surface area contributed by atoms with Gasteiger partial charge in [-0.2, -0.15) is 5.10 Å². The Morgan fingerprint density at radius 2 is 2.38 bits per heavy atom. The zero-order valence-corrected chi connectivity index (χ0v) is 11.2. The molecule has 0 aromatic carbocycles. The van der Waals surface area contributed by atoms with Gasteiger partial charge in [0.2, 0.25) is 0 Å². The number of carbonyl (C=O) groups is 1. The third-order valence-corrected chi connectivity index (χ3v) is 3.77. The molecule has 0 spiro atoms. The van der Waals surface area contributed by atoms with E-state index in [0.717, 1.165) is 15.9 Å². The van der Waals surface area contributed by atoms with E-state index in [1.165, 1.54) is 11.5 Å². The van der Waals surface area contributed by atoms with E-state index in [-0.39, 0.29) is 12.2 Å². The summed E-state index contributed by atoms with van der Waals surface area (Å²) in [6.45, 7) is 1.89. The zero-order valence-electron chi connectivity index (χ0n) is 8.77. The first-order valence-electron chi connectivity index (χ1n) is 4.58. The Labute approximate surface area is 105 Å². The largest absolute Gasteiger partial charge is 0.292 e. The van der Waals surface area contributed by atoms with Crippen molar-refractivity contribution in [3.63, 3.8) is 0 Å². The first-order chi connectivity index (χ1) is 7.59. The zero-order chi connectivity index (χ0) is 11.7. The number of rotatable bonds is 3. The number of aryl methyl sites for hydroxylation is 2. The van der Waals surface area contributed by atoms with Gasteiger partial charge in [0.05, 0.1) is 22.3 Å². The minimum atomic E-state index is -0.0440. The van der Waals surface area contributed by atoms with E-state index >= 15 is 0 Å². The van der Waals surface area contributed by atoms with Crippen LogP contribution in [0.5, 0.6) is 0 Å². The molecule has 0 radical (unpaired) electrons. The van der Waals surface area contributed by atoms with Crippen LogP contribution >= 0.6 is 27.5 Å². The molecular weight excluding hydrogens is 292 g/mol. The lowest BCUT2D eigenvalue weighted by molar-refractivity contribution is 0.0986. The van der Waals surface area contributed by atoms with E-state index < -0.39 is 0 Å². The van der Waals surface area contributed by atoms with Gasteiger partial charge in [-0.3, -0.25) is 9.48 Å². The van der Waals surface area contributed by atoms with Crippen molar-refractivity contribution in [3.8, 4) is 0 Å². The highest BCUT2D eigenvalue weighted by molar-refractivity contribution is 9.10. The molecule has 0 aliphatic rings. The van der Waals surface area contributed by atoms with Crippen molar-refractivity contribution in [1.29, 1.82) is 0 Å². The van der Waals surface area contributed by atoms with Crippen molar-refractivity contribution in [2.75, 3.05) is 0 Å². The summed E-state index contributed by atoms with van der Waals surface area (Å²) in [6, 6.07) is 0. The number of carbonyl (C=O) groups excluding carboxylic acids is 1. The first-order valence-corrected chi connectivity index (χ1v) is 6.20. The van der Waals surface area contributed by atoms with E-state index in [1.54, 1.807) is 10.1 Å². The molecule has 0 bridgehead atoms. The molecule has 0 saturated carbocycles. The van der Waals surface area contributed by atoms with Crippen LogP contribution in [-0.4, -0.2) is 25.2 Å². The molecular formula is C9H9BrN4OS. The van der Waals surface area contributed by atoms with E-state index in [0.29, 0.717) is 5.69 Å². The molecule has 2 rings (SSSR count). The molecule has 0 saturated heterocycles. The van der Waals surface area contributed by atoms with Crippen LogP contribution in [0.25, 0.3) is 0 Å². The summed E-state index contributed by atoms with van der Waals surface area (Å²) in [6.07, 6.45) is 0.281. The van der Waals surface area contributed by atoms with Crippen molar-refractivity contribution < 1.29 is 4.79 Å². The van der Waals surface area contributed by atoms with Gasteiger partial charge in [-0.1, -0.05) is 4.49 Å². The summed E-state index contributed by atoms with van der Waals surface area (Å²) in [4.78, 5) is 11.8. The van der Waals surface area contributed by atoms with Crippen LogP contribution < -0.4 is 0 Å². The quantitative estimate of drug-likeness (QED) is 0.811. The summed E-state index contributed by atoms with van der Waals surface area (Å²) < 4.78 is 6.26. The summed E-state index contributed by atoms with van der Waals surface area (Å²) in [7, 11) is 1.82. The maximum absolute atomic E-state index is 11.8. The Morgan fingerprint density at radius 1 is 1.62 bits per heavy atom. The molecule has 84 valence electrons. The lowest BCUT2D eigenvalue weighted by atomic mass is 10.2. The third-order valence-electron chi connectivity index (χ3n) is 2.24. The van der Waals surface area contributed by atoms with E-state index in [4.69, 9.17) is 0 Å². The van der Waals surface area contributed by atoms with Crippen LogP contribution in [0.4, 0.5) is 0 Å². The third kappa shape index (κ3) is 2.05. The molecule has 5 nitrogen and oxygen atoms in total. The lowest BCUT2D eigenvalue weighted by Crippen LogP contribution is -2.08. The van der Waals surface area contributed by atoms with Gasteiger partial charge in [0.1, 0.15) is 5.69 Å². The second-order valence-electron chi connectivity index (χ2n) is 3.36.